The van der Waals surface area contributed by atoms with Crippen molar-refractivity contribution in [1.29, 1.82) is 0 Å². The number of aliphatic hydroxyl groups is 1. The zero-order chi connectivity index (χ0) is 13.1. The van der Waals surface area contributed by atoms with Crippen LogP contribution in [0.5, 0.6) is 5.75 Å². The molecule has 0 aliphatic heterocycles. The van der Waals surface area contributed by atoms with Gasteiger partial charge in [-0.15, -0.1) is 0 Å². The average Bonchev–Trinajstić information content (AvgIpc) is 3.29. The first-order valence-corrected chi connectivity index (χ1v) is 7.35. The lowest BCUT2D eigenvalue weighted by Crippen LogP contribution is -2.35. The number of nitrogens with one attached hydrogen (secondary N) is 1. The van der Waals surface area contributed by atoms with Crippen molar-refractivity contribution in [3.63, 3.8) is 0 Å². The monoisotopic (exact) mass is 261 g/mol. The van der Waals surface area contributed by atoms with E-state index in [-0.39, 0.29) is 0 Å². The van der Waals surface area contributed by atoms with Crippen LogP contribution in [0.3, 0.4) is 0 Å². The summed E-state index contributed by atoms with van der Waals surface area (Å²) < 4.78 is 5.54. The lowest BCUT2D eigenvalue weighted by molar-refractivity contribution is 0.104. The first kappa shape index (κ1) is 12.9. The normalized spacial score (nSPS) is 21.9. The maximum atomic E-state index is 9.89. The molecule has 0 bridgehead atoms. The van der Waals surface area contributed by atoms with Crippen LogP contribution in [0, 0.1) is 11.3 Å². The van der Waals surface area contributed by atoms with Crippen molar-refractivity contribution in [2.75, 3.05) is 19.7 Å². The minimum atomic E-state index is -0.435. The largest absolute Gasteiger partial charge is 0.491 e. The molecule has 3 heteroatoms. The molecule has 1 unspecified atom stereocenters. The Balaban J connectivity index is 1.32. The van der Waals surface area contributed by atoms with E-state index in [0.717, 1.165) is 18.2 Å². The molecule has 1 atom stereocenters. The van der Waals surface area contributed by atoms with Crippen LogP contribution in [0.4, 0.5) is 0 Å². The summed E-state index contributed by atoms with van der Waals surface area (Å²) in [6.45, 7) is 2.05. The highest BCUT2D eigenvalue weighted by atomic mass is 16.5. The number of aliphatic hydroxyl groups excluding tert-OH is 1. The first-order chi connectivity index (χ1) is 9.28. The third-order valence-electron chi connectivity index (χ3n) is 4.38. The standard InChI is InChI=1S/C16H23NO2/c18-14(11-19-15-4-2-1-3-5-15)10-17-12-16(8-9-16)13-6-7-13/h1-5,13-14,17-18H,6-12H2. The van der Waals surface area contributed by atoms with Crippen LogP contribution in [0.25, 0.3) is 0 Å². The molecular weight excluding hydrogens is 238 g/mol. The zero-order valence-electron chi connectivity index (χ0n) is 11.3. The van der Waals surface area contributed by atoms with Gasteiger partial charge in [0, 0.05) is 13.1 Å². The van der Waals surface area contributed by atoms with Gasteiger partial charge >= 0.3 is 0 Å². The lowest BCUT2D eigenvalue weighted by atomic mass is 10.0. The predicted molar refractivity (Wildman–Crippen MR) is 75.2 cm³/mol. The van der Waals surface area contributed by atoms with Crippen molar-refractivity contribution in [3.05, 3.63) is 30.3 Å². The predicted octanol–water partition coefficient (Wildman–Crippen LogP) is 2.21. The molecule has 0 saturated heterocycles. The molecular formula is C16H23NO2. The van der Waals surface area contributed by atoms with E-state index >= 15 is 0 Å². The minimum absolute atomic E-state index is 0.355. The molecule has 3 nitrogen and oxygen atoms in total. The van der Waals surface area contributed by atoms with Crippen LogP contribution < -0.4 is 10.1 Å². The summed E-state index contributed by atoms with van der Waals surface area (Å²) in [5.74, 6) is 1.79. The van der Waals surface area contributed by atoms with E-state index in [1.165, 1.54) is 25.7 Å². The van der Waals surface area contributed by atoms with E-state index in [4.69, 9.17) is 4.74 Å². The van der Waals surface area contributed by atoms with Crippen LogP contribution in [-0.4, -0.2) is 30.9 Å². The molecule has 0 spiro atoms. The fraction of sp³-hybridized carbons (Fsp3) is 0.625. The summed E-state index contributed by atoms with van der Waals surface area (Å²) in [5, 5.41) is 13.3. The fourth-order valence-electron chi connectivity index (χ4n) is 2.84. The third-order valence-corrected chi connectivity index (χ3v) is 4.38. The first-order valence-electron chi connectivity index (χ1n) is 7.35. The molecule has 1 aromatic carbocycles. The van der Waals surface area contributed by atoms with E-state index in [0.29, 0.717) is 18.6 Å². The fourth-order valence-corrected chi connectivity index (χ4v) is 2.84. The van der Waals surface area contributed by atoms with Gasteiger partial charge in [0.1, 0.15) is 18.5 Å². The van der Waals surface area contributed by atoms with E-state index in [1.54, 1.807) is 0 Å². The Kier molecular flexibility index (Phi) is 3.76. The van der Waals surface area contributed by atoms with Crippen molar-refractivity contribution < 1.29 is 9.84 Å². The molecule has 2 aliphatic carbocycles. The van der Waals surface area contributed by atoms with Gasteiger partial charge in [-0.25, -0.2) is 0 Å². The molecule has 0 heterocycles. The molecule has 0 aromatic heterocycles. The van der Waals surface area contributed by atoms with Gasteiger partial charge in [0.25, 0.3) is 0 Å². The van der Waals surface area contributed by atoms with Gasteiger partial charge in [-0.05, 0) is 49.1 Å². The Labute approximate surface area is 115 Å². The minimum Gasteiger partial charge on any atom is -0.491 e. The maximum absolute atomic E-state index is 9.89. The molecule has 2 fully saturated rings. The summed E-state index contributed by atoms with van der Waals surface area (Å²) in [4.78, 5) is 0. The SMILES string of the molecule is OC(CNCC1(C2CC2)CC1)COc1ccccc1. The zero-order valence-corrected chi connectivity index (χ0v) is 11.3. The molecule has 0 radical (unpaired) electrons. The van der Waals surface area contributed by atoms with Crippen LogP contribution in [-0.2, 0) is 0 Å². The molecule has 3 rings (SSSR count). The van der Waals surface area contributed by atoms with Gasteiger partial charge in [-0.1, -0.05) is 18.2 Å². The van der Waals surface area contributed by atoms with Crippen LogP contribution in [0.1, 0.15) is 25.7 Å². The molecule has 0 amide bonds. The summed E-state index contributed by atoms with van der Waals surface area (Å²) in [6, 6.07) is 9.65. The average molecular weight is 261 g/mol. The number of para-hydroxylation sites is 1. The molecule has 2 saturated carbocycles. The highest BCUT2D eigenvalue weighted by Gasteiger charge is 2.53. The van der Waals surface area contributed by atoms with E-state index < -0.39 is 6.10 Å². The summed E-state index contributed by atoms with van der Waals surface area (Å²) in [6.07, 6.45) is 5.15. The van der Waals surface area contributed by atoms with E-state index in [9.17, 15) is 5.11 Å². The second-order valence-electron chi connectivity index (χ2n) is 6.05. The smallest absolute Gasteiger partial charge is 0.119 e. The highest BCUT2D eigenvalue weighted by molar-refractivity contribution is 5.20. The second kappa shape index (κ2) is 5.51. The topological polar surface area (TPSA) is 41.5 Å². The summed E-state index contributed by atoms with van der Waals surface area (Å²) >= 11 is 0. The van der Waals surface area contributed by atoms with Crippen LogP contribution in [0.15, 0.2) is 30.3 Å². The van der Waals surface area contributed by atoms with Gasteiger partial charge in [-0.3, -0.25) is 0 Å². The third kappa shape index (κ3) is 3.48. The Morgan fingerprint density at radius 1 is 1.26 bits per heavy atom. The number of benzene rings is 1. The Hall–Kier alpha value is -1.06. The second-order valence-corrected chi connectivity index (χ2v) is 6.05. The van der Waals surface area contributed by atoms with Crippen molar-refractivity contribution in [1.82, 2.24) is 5.32 Å². The van der Waals surface area contributed by atoms with Gasteiger partial charge in [0.15, 0.2) is 0 Å². The van der Waals surface area contributed by atoms with E-state index in [1.807, 2.05) is 30.3 Å². The van der Waals surface area contributed by atoms with E-state index in [2.05, 4.69) is 5.32 Å². The van der Waals surface area contributed by atoms with Gasteiger partial charge in [0.2, 0.25) is 0 Å². The Morgan fingerprint density at radius 2 is 2.00 bits per heavy atom. The van der Waals surface area contributed by atoms with Gasteiger partial charge in [-0.2, -0.15) is 0 Å². The van der Waals surface area contributed by atoms with Gasteiger partial charge in [0.05, 0.1) is 0 Å². The van der Waals surface area contributed by atoms with Crippen LogP contribution >= 0.6 is 0 Å². The number of ether oxygens (including phenoxy) is 1. The van der Waals surface area contributed by atoms with Crippen molar-refractivity contribution in [2.24, 2.45) is 11.3 Å². The van der Waals surface area contributed by atoms with Crippen molar-refractivity contribution in [3.8, 4) is 5.75 Å². The molecule has 2 aliphatic rings. The van der Waals surface area contributed by atoms with Crippen LogP contribution in [0.2, 0.25) is 0 Å². The molecule has 19 heavy (non-hydrogen) atoms. The quantitative estimate of drug-likeness (QED) is 0.754. The number of hydrogen-bond acceptors (Lipinski definition) is 3. The summed E-state index contributed by atoms with van der Waals surface area (Å²) in [7, 11) is 0. The maximum Gasteiger partial charge on any atom is 0.119 e. The highest BCUT2D eigenvalue weighted by Crippen LogP contribution is 2.60. The molecule has 2 N–H and O–H groups in total. The molecule has 104 valence electrons. The lowest BCUT2D eigenvalue weighted by Gasteiger charge is -2.17. The van der Waals surface area contributed by atoms with Gasteiger partial charge < -0.3 is 15.2 Å². The van der Waals surface area contributed by atoms with Crippen molar-refractivity contribution >= 4 is 0 Å². The Bertz CT molecular complexity index is 398. The molecule has 1 aromatic rings. The summed E-state index contributed by atoms with van der Waals surface area (Å²) in [5.41, 5.74) is 0.597. The van der Waals surface area contributed by atoms with Crippen molar-refractivity contribution in [2.45, 2.75) is 31.8 Å². The number of hydrogen-bond donors (Lipinski definition) is 2. The Morgan fingerprint density at radius 3 is 2.63 bits per heavy atom. The number of rotatable bonds is 8.